The molecular formula is C16H20N4O3. The molecule has 0 radical (unpaired) electrons. The monoisotopic (exact) mass is 316 g/mol. The van der Waals surface area contributed by atoms with Crippen LogP contribution in [-0.4, -0.2) is 49.3 Å². The second-order valence-corrected chi connectivity index (χ2v) is 5.90. The predicted octanol–water partition coefficient (Wildman–Crippen LogP) is 1.33. The second kappa shape index (κ2) is 6.28. The first kappa shape index (κ1) is 15.3. The molecule has 7 nitrogen and oxygen atoms in total. The lowest BCUT2D eigenvalue weighted by Gasteiger charge is -2.33. The lowest BCUT2D eigenvalue weighted by molar-refractivity contribution is -0.137. The maximum Gasteiger partial charge on any atom is 0.325 e. The molecule has 1 aliphatic heterocycles. The molecule has 1 aliphatic rings. The van der Waals surface area contributed by atoms with Crippen molar-refractivity contribution in [1.82, 2.24) is 19.2 Å². The number of carbonyl (C=O) groups excluding carboxylic acids is 1. The van der Waals surface area contributed by atoms with Crippen LogP contribution in [0.5, 0.6) is 0 Å². The zero-order valence-electron chi connectivity index (χ0n) is 13.1. The van der Waals surface area contributed by atoms with Crippen LogP contribution in [0.25, 0.3) is 0 Å². The minimum atomic E-state index is -0.914. The molecule has 0 spiro atoms. The SMILES string of the molecule is Cn1cccc1C(=O)N1CCC[C@H](c2ccnn2CC(=O)O)C1. The largest absolute Gasteiger partial charge is 0.480 e. The van der Waals surface area contributed by atoms with Crippen LogP contribution in [0.3, 0.4) is 0 Å². The molecule has 1 fully saturated rings. The van der Waals surface area contributed by atoms with Crippen molar-refractivity contribution in [2.75, 3.05) is 13.1 Å². The first-order chi connectivity index (χ1) is 11.1. The summed E-state index contributed by atoms with van der Waals surface area (Å²) in [5.41, 5.74) is 1.56. The van der Waals surface area contributed by atoms with Gasteiger partial charge in [0.15, 0.2) is 0 Å². The minimum Gasteiger partial charge on any atom is -0.480 e. The Labute approximate surface area is 134 Å². The number of carboxylic acid groups (broad SMARTS) is 1. The van der Waals surface area contributed by atoms with Gasteiger partial charge in [-0.25, -0.2) is 0 Å². The fourth-order valence-corrected chi connectivity index (χ4v) is 3.20. The number of carboxylic acids is 1. The first-order valence-electron chi connectivity index (χ1n) is 7.70. The molecule has 3 rings (SSSR count). The average molecular weight is 316 g/mol. The molecule has 0 aliphatic carbocycles. The van der Waals surface area contributed by atoms with Gasteiger partial charge in [0.25, 0.3) is 5.91 Å². The number of aryl methyl sites for hydroxylation is 1. The van der Waals surface area contributed by atoms with E-state index >= 15 is 0 Å². The van der Waals surface area contributed by atoms with Crippen molar-refractivity contribution >= 4 is 11.9 Å². The van der Waals surface area contributed by atoms with Gasteiger partial charge in [-0.05, 0) is 31.0 Å². The van der Waals surface area contributed by atoms with Crippen molar-refractivity contribution in [2.24, 2.45) is 7.05 Å². The number of likely N-dealkylation sites (tertiary alicyclic amines) is 1. The highest BCUT2D eigenvalue weighted by molar-refractivity contribution is 5.92. The summed E-state index contributed by atoms with van der Waals surface area (Å²) in [4.78, 5) is 25.4. The summed E-state index contributed by atoms with van der Waals surface area (Å²) in [6.07, 6.45) is 5.31. The Morgan fingerprint density at radius 1 is 1.39 bits per heavy atom. The van der Waals surface area contributed by atoms with Gasteiger partial charge in [0.05, 0.1) is 0 Å². The van der Waals surface area contributed by atoms with E-state index in [1.54, 1.807) is 6.20 Å². The third-order valence-corrected chi connectivity index (χ3v) is 4.32. The lowest BCUT2D eigenvalue weighted by atomic mass is 9.94. The van der Waals surface area contributed by atoms with E-state index in [-0.39, 0.29) is 18.4 Å². The molecule has 122 valence electrons. The zero-order chi connectivity index (χ0) is 16.4. The van der Waals surface area contributed by atoms with Crippen molar-refractivity contribution in [2.45, 2.75) is 25.3 Å². The van der Waals surface area contributed by atoms with Crippen LogP contribution in [0.4, 0.5) is 0 Å². The van der Waals surface area contributed by atoms with Crippen LogP contribution < -0.4 is 0 Å². The number of hydrogen-bond acceptors (Lipinski definition) is 3. The van der Waals surface area contributed by atoms with Crippen LogP contribution in [-0.2, 0) is 18.4 Å². The van der Waals surface area contributed by atoms with Crippen molar-refractivity contribution in [3.63, 3.8) is 0 Å². The third-order valence-electron chi connectivity index (χ3n) is 4.32. The average Bonchev–Trinajstić information content (AvgIpc) is 3.15. The van der Waals surface area contributed by atoms with Gasteiger partial charge in [-0.2, -0.15) is 5.10 Å². The van der Waals surface area contributed by atoms with E-state index in [0.717, 1.165) is 25.1 Å². The number of rotatable bonds is 4. The lowest BCUT2D eigenvalue weighted by Crippen LogP contribution is -2.40. The maximum atomic E-state index is 12.6. The van der Waals surface area contributed by atoms with Crippen LogP contribution in [0.2, 0.25) is 0 Å². The highest BCUT2D eigenvalue weighted by Gasteiger charge is 2.28. The van der Waals surface area contributed by atoms with Crippen molar-refractivity contribution in [3.8, 4) is 0 Å². The Kier molecular flexibility index (Phi) is 4.18. The number of hydrogen-bond donors (Lipinski definition) is 1. The summed E-state index contributed by atoms with van der Waals surface area (Å²) in [6.45, 7) is 1.17. The van der Waals surface area contributed by atoms with Crippen LogP contribution in [0, 0.1) is 0 Å². The Balaban J connectivity index is 1.76. The minimum absolute atomic E-state index is 0.0199. The number of aliphatic carboxylic acids is 1. The van der Waals surface area contributed by atoms with Crippen molar-refractivity contribution in [1.29, 1.82) is 0 Å². The van der Waals surface area contributed by atoms with Gasteiger partial charge in [0.2, 0.25) is 0 Å². The van der Waals surface area contributed by atoms with Gasteiger partial charge in [-0.1, -0.05) is 0 Å². The highest BCUT2D eigenvalue weighted by atomic mass is 16.4. The normalized spacial score (nSPS) is 18.1. The van der Waals surface area contributed by atoms with E-state index in [0.29, 0.717) is 12.2 Å². The van der Waals surface area contributed by atoms with Gasteiger partial charge in [0.1, 0.15) is 12.2 Å². The molecule has 1 atom stereocenters. The summed E-state index contributed by atoms with van der Waals surface area (Å²) < 4.78 is 3.34. The standard InChI is InChI=1S/C16H20N4O3/c1-18-8-3-5-14(18)16(23)19-9-2-4-12(10-19)13-6-7-17-20(13)11-15(21)22/h3,5-8,12H,2,4,9-11H2,1H3,(H,21,22)/t12-/m0/s1. The molecule has 0 aromatic carbocycles. The maximum absolute atomic E-state index is 12.6. The third kappa shape index (κ3) is 3.13. The van der Waals surface area contributed by atoms with Gasteiger partial charge in [-0.3, -0.25) is 14.3 Å². The van der Waals surface area contributed by atoms with Gasteiger partial charge < -0.3 is 14.6 Å². The van der Waals surface area contributed by atoms with E-state index in [2.05, 4.69) is 5.10 Å². The van der Waals surface area contributed by atoms with Crippen molar-refractivity contribution < 1.29 is 14.7 Å². The fourth-order valence-electron chi connectivity index (χ4n) is 3.20. The summed E-state index contributed by atoms with van der Waals surface area (Å²) in [5, 5.41) is 13.1. The molecule has 0 bridgehead atoms. The summed E-state index contributed by atoms with van der Waals surface area (Å²) in [7, 11) is 1.86. The van der Waals surface area contributed by atoms with E-state index < -0.39 is 5.97 Å². The Morgan fingerprint density at radius 2 is 2.22 bits per heavy atom. The first-order valence-corrected chi connectivity index (χ1v) is 7.70. The van der Waals surface area contributed by atoms with E-state index in [1.165, 1.54) is 4.68 Å². The molecule has 23 heavy (non-hydrogen) atoms. The zero-order valence-corrected chi connectivity index (χ0v) is 13.1. The van der Waals surface area contributed by atoms with Gasteiger partial charge in [0, 0.05) is 44.1 Å². The van der Waals surface area contributed by atoms with Gasteiger partial charge >= 0.3 is 5.97 Å². The van der Waals surface area contributed by atoms with E-state index in [9.17, 15) is 9.59 Å². The predicted molar refractivity (Wildman–Crippen MR) is 83.2 cm³/mol. The summed E-state index contributed by atoms with van der Waals surface area (Å²) in [6, 6.07) is 5.53. The Hall–Kier alpha value is -2.57. The van der Waals surface area contributed by atoms with E-state index in [4.69, 9.17) is 5.11 Å². The topological polar surface area (TPSA) is 80.4 Å². The second-order valence-electron chi connectivity index (χ2n) is 5.90. The molecule has 7 heteroatoms. The highest BCUT2D eigenvalue weighted by Crippen LogP contribution is 2.27. The Bertz CT molecular complexity index is 718. The number of nitrogens with zero attached hydrogens (tertiary/aromatic N) is 4. The molecule has 1 saturated heterocycles. The van der Waals surface area contributed by atoms with Crippen LogP contribution in [0.15, 0.2) is 30.6 Å². The molecular weight excluding hydrogens is 296 g/mol. The van der Waals surface area contributed by atoms with Crippen molar-refractivity contribution in [3.05, 3.63) is 42.0 Å². The molecule has 2 aromatic heterocycles. The smallest absolute Gasteiger partial charge is 0.325 e. The number of aromatic nitrogens is 3. The number of carbonyl (C=O) groups is 2. The molecule has 3 heterocycles. The molecule has 2 aromatic rings. The molecule has 1 amide bonds. The number of amides is 1. The Morgan fingerprint density at radius 3 is 2.91 bits per heavy atom. The van der Waals surface area contributed by atoms with Crippen LogP contribution >= 0.6 is 0 Å². The van der Waals surface area contributed by atoms with Crippen LogP contribution in [0.1, 0.15) is 34.9 Å². The molecule has 1 N–H and O–H groups in total. The molecule has 0 unspecified atom stereocenters. The van der Waals surface area contributed by atoms with Gasteiger partial charge in [-0.15, -0.1) is 0 Å². The van der Waals surface area contributed by atoms with E-state index in [1.807, 2.05) is 40.9 Å². The quantitative estimate of drug-likeness (QED) is 0.922. The fraction of sp³-hybridized carbons (Fsp3) is 0.438. The number of piperidine rings is 1. The molecule has 0 saturated carbocycles. The summed E-state index contributed by atoms with van der Waals surface area (Å²) >= 11 is 0. The summed E-state index contributed by atoms with van der Waals surface area (Å²) in [5.74, 6) is -0.774.